The molecule has 2 aromatic rings. The van der Waals surface area contributed by atoms with Gasteiger partial charge in [0.2, 0.25) is 0 Å². The maximum atomic E-state index is 8.65. The topological polar surface area (TPSA) is 80.0 Å². The van der Waals surface area contributed by atoms with Crippen LogP contribution in [0.25, 0.3) is 5.65 Å². The largest absolute Gasteiger partial charge is 0.382 e. The molecule has 0 unspecified atom stereocenters. The van der Waals surface area contributed by atoms with Crippen molar-refractivity contribution >= 4 is 11.5 Å². The smallest absolute Gasteiger partial charge is 0.160 e. The standard InChI is InChI=1S/C8H7N5.2C2H6/c1-5-8-12-7(10)4-13(8)3-6(2-9)11-5;2*1-2/h3-4H,10H2,1H3;2*1-2H3. The molecule has 17 heavy (non-hydrogen) atoms. The Hall–Kier alpha value is -2.09. The van der Waals surface area contributed by atoms with Gasteiger partial charge >= 0.3 is 0 Å². The molecule has 2 N–H and O–H groups in total. The Balaban J connectivity index is 0.000000581. The third kappa shape index (κ3) is 3.45. The Labute approximate surface area is 102 Å². The first kappa shape index (κ1) is 14.9. The molecule has 2 heterocycles. The molecule has 92 valence electrons. The number of fused-ring (bicyclic) bond motifs is 1. The SMILES string of the molecule is CC.CC.Cc1nc(C#N)cn2cc(N)nc12. The van der Waals surface area contributed by atoms with Gasteiger partial charge in [-0.2, -0.15) is 5.26 Å². The number of nitriles is 1. The second kappa shape index (κ2) is 7.23. The van der Waals surface area contributed by atoms with Crippen molar-refractivity contribution in [1.82, 2.24) is 14.4 Å². The Morgan fingerprint density at radius 3 is 2.29 bits per heavy atom. The van der Waals surface area contributed by atoms with Crippen molar-refractivity contribution in [3.63, 3.8) is 0 Å². The minimum absolute atomic E-state index is 0.363. The van der Waals surface area contributed by atoms with E-state index in [2.05, 4.69) is 9.97 Å². The molecule has 0 aliphatic heterocycles. The average molecular weight is 233 g/mol. The molecule has 0 saturated heterocycles. The Bertz CT molecular complexity index is 507. The van der Waals surface area contributed by atoms with Crippen LogP contribution in [0.5, 0.6) is 0 Å². The van der Waals surface area contributed by atoms with E-state index in [-0.39, 0.29) is 0 Å². The Kier molecular flexibility index (Phi) is 6.34. The van der Waals surface area contributed by atoms with Gasteiger partial charge in [-0.1, -0.05) is 27.7 Å². The van der Waals surface area contributed by atoms with Crippen molar-refractivity contribution in [2.24, 2.45) is 0 Å². The maximum absolute atomic E-state index is 8.65. The highest BCUT2D eigenvalue weighted by molar-refractivity contribution is 5.50. The van der Waals surface area contributed by atoms with Crippen LogP contribution < -0.4 is 5.73 Å². The fraction of sp³-hybridized carbons (Fsp3) is 0.417. The van der Waals surface area contributed by atoms with Crippen LogP contribution in [0, 0.1) is 18.3 Å². The number of nitrogens with zero attached hydrogens (tertiary/aromatic N) is 4. The van der Waals surface area contributed by atoms with Gasteiger partial charge in [-0.15, -0.1) is 0 Å². The summed E-state index contributed by atoms with van der Waals surface area (Å²) in [6.45, 7) is 9.79. The molecular formula is C12H19N5. The summed E-state index contributed by atoms with van der Waals surface area (Å²) in [5, 5.41) is 8.65. The maximum Gasteiger partial charge on any atom is 0.160 e. The second-order valence-electron chi connectivity index (χ2n) is 2.72. The summed E-state index contributed by atoms with van der Waals surface area (Å²) in [5.41, 5.74) is 7.27. The number of aromatic nitrogens is 3. The minimum Gasteiger partial charge on any atom is -0.382 e. The van der Waals surface area contributed by atoms with Crippen LogP contribution >= 0.6 is 0 Å². The highest BCUT2D eigenvalue weighted by Gasteiger charge is 2.04. The minimum atomic E-state index is 0.363. The number of nitrogens with two attached hydrogens (primary N) is 1. The number of imidazole rings is 1. The van der Waals surface area contributed by atoms with Crippen molar-refractivity contribution in [2.45, 2.75) is 34.6 Å². The fourth-order valence-corrected chi connectivity index (χ4v) is 1.22. The third-order valence-corrected chi connectivity index (χ3v) is 1.74. The van der Waals surface area contributed by atoms with E-state index < -0.39 is 0 Å². The molecule has 0 fully saturated rings. The van der Waals surface area contributed by atoms with Gasteiger partial charge in [-0.25, -0.2) is 9.97 Å². The molecule has 2 aromatic heterocycles. The molecule has 0 amide bonds. The molecular weight excluding hydrogens is 214 g/mol. The first-order valence-corrected chi connectivity index (χ1v) is 5.72. The van der Waals surface area contributed by atoms with Crippen LogP contribution in [-0.2, 0) is 0 Å². The van der Waals surface area contributed by atoms with Gasteiger partial charge in [0.15, 0.2) is 11.3 Å². The van der Waals surface area contributed by atoms with E-state index >= 15 is 0 Å². The summed E-state index contributed by atoms with van der Waals surface area (Å²) in [6, 6.07) is 1.97. The zero-order chi connectivity index (χ0) is 13.4. The molecule has 0 atom stereocenters. The average Bonchev–Trinajstić information content (AvgIpc) is 2.75. The van der Waals surface area contributed by atoms with Gasteiger partial charge in [-0.3, -0.25) is 0 Å². The Morgan fingerprint density at radius 2 is 1.76 bits per heavy atom. The quantitative estimate of drug-likeness (QED) is 0.758. The zero-order valence-electron chi connectivity index (χ0n) is 11.0. The Morgan fingerprint density at radius 1 is 1.18 bits per heavy atom. The summed E-state index contributed by atoms with van der Waals surface area (Å²) < 4.78 is 1.70. The van der Waals surface area contributed by atoms with E-state index in [4.69, 9.17) is 11.0 Å². The lowest BCUT2D eigenvalue weighted by molar-refractivity contribution is 1.06. The lowest BCUT2D eigenvalue weighted by Gasteiger charge is -1.96. The van der Waals surface area contributed by atoms with Crippen molar-refractivity contribution in [3.8, 4) is 6.07 Å². The van der Waals surface area contributed by atoms with Crippen LogP contribution in [0.2, 0.25) is 0 Å². The molecule has 2 rings (SSSR count). The van der Waals surface area contributed by atoms with E-state index in [1.54, 1.807) is 23.7 Å². The summed E-state index contributed by atoms with van der Waals surface area (Å²) in [7, 11) is 0. The lowest BCUT2D eigenvalue weighted by atomic mass is 10.4. The van der Waals surface area contributed by atoms with E-state index in [0.29, 0.717) is 22.9 Å². The van der Waals surface area contributed by atoms with Crippen molar-refractivity contribution < 1.29 is 0 Å². The molecule has 0 aliphatic rings. The van der Waals surface area contributed by atoms with E-state index in [1.165, 1.54) is 0 Å². The molecule has 0 spiro atoms. The van der Waals surface area contributed by atoms with Crippen molar-refractivity contribution in [2.75, 3.05) is 5.73 Å². The lowest BCUT2D eigenvalue weighted by Crippen LogP contribution is -1.94. The van der Waals surface area contributed by atoms with Crippen LogP contribution in [0.4, 0.5) is 5.82 Å². The van der Waals surface area contributed by atoms with Crippen LogP contribution in [0.15, 0.2) is 12.4 Å². The first-order chi connectivity index (χ1) is 8.20. The van der Waals surface area contributed by atoms with Gasteiger partial charge in [0.1, 0.15) is 11.9 Å². The summed E-state index contributed by atoms with van der Waals surface area (Å²) >= 11 is 0. The third-order valence-electron chi connectivity index (χ3n) is 1.74. The highest BCUT2D eigenvalue weighted by Crippen LogP contribution is 2.10. The van der Waals surface area contributed by atoms with Gasteiger partial charge in [-0.05, 0) is 6.92 Å². The molecule has 5 heteroatoms. The van der Waals surface area contributed by atoms with Gasteiger partial charge in [0.25, 0.3) is 0 Å². The van der Waals surface area contributed by atoms with Gasteiger partial charge in [0.05, 0.1) is 11.9 Å². The number of anilines is 1. The molecule has 5 nitrogen and oxygen atoms in total. The molecule has 0 bridgehead atoms. The predicted octanol–water partition coefficient (Wildman–Crippen LogP) is 2.54. The highest BCUT2D eigenvalue weighted by atomic mass is 15.1. The summed E-state index contributed by atoms with van der Waals surface area (Å²) in [4.78, 5) is 8.09. The molecule has 0 aromatic carbocycles. The molecule has 0 saturated carbocycles. The van der Waals surface area contributed by atoms with Crippen LogP contribution in [-0.4, -0.2) is 14.4 Å². The number of aryl methyl sites for hydroxylation is 1. The zero-order valence-corrected chi connectivity index (χ0v) is 11.0. The molecule has 0 aliphatic carbocycles. The van der Waals surface area contributed by atoms with E-state index in [9.17, 15) is 0 Å². The predicted molar refractivity (Wildman–Crippen MR) is 69.5 cm³/mol. The number of hydrogen-bond acceptors (Lipinski definition) is 4. The second-order valence-corrected chi connectivity index (χ2v) is 2.72. The number of nitrogen functional groups attached to an aromatic ring is 1. The normalized spacial score (nSPS) is 8.47. The summed E-state index contributed by atoms with van der Waals surface area (Å²) in [5.74, 6) is 0.431. The van der Waals surface area contributed by atoms with Crippen molar-refractivity contribution in [1.29, 1.82) is 5.26 Å². The van der Waals surface area contributed by atoms with E-state index in [1.807, 2.05) is 33.8 Å². The van der Waals surface area contributed by atoms with Crippen LogP contribution in [0.3, 0.4) is 0 Å². The number of rotatable bonds is 0. The van der Waals surface area contributed by atoms with Crippen molar-refractivity contribution in [3.05, 3.63) is 23.8 Å². The fourth-order valence-electron chi connectivity index (χ4n) is 1.22. The molecule has 0 radical (unpaired) electrons. The first-order valence-electron chi connectivity index (χ1n) is 5.72. The summed E-state index contributed by atoms with van der Waals surface area (Å²) in [6.07, 6.45) is 3.26. The monoisotopic (exact) mass is 233 g/mol. The van der Waals surface area contributed by atoms with Crippen LogP contribution in [0.1, 0.15) is 39.1 Å². The van der Waals surface area contributed by atoms with E-state index in [0.717, 1.165) is 0 Å². The van der Waals surface area contributed by atoms with Gasteiger partial charge in [0, 0.05) is 6.20 Å². The van der Waals surface area contributed by atoms with Gasteiger partial charge < -0.3 is 10.1 Å². The number of hydrogen-bond donors (Lipinski definition) is 1.